The zero-order chi connectivity index (χ0) is 8.58. The van der Waals surface area contributed by atoms with Gasteiger partial charge in [0.25, 0.3) is 0 Å². The molecule has 0 saturated carbocycles. The van der Waals surface area contributed by atoms with Crippen molar-refractivity contribution in [2.24, 2.45) is 0 Å². The van der Waals surface area contributed by atoms with E-state index < -0.39 is 16.4 Å². The number of hydrogen-bond donors (Lipinski definition) is 0. The Morgan fingerprint density at radius 1 is 1.50 bits per heavy atom. The van der Waals surface area contributed by atoms with E-state index in [4.69, 9.17) is 22.5 Å². The first-order valence-electron chi connectivity index (χ1n) is 1.84. The molecule has 0 aromatic rings. The lowest BCUT2D eigenvalue weighted by atomic mass is 11.6. The van der Waals surface area contributed by atoms with E-state index in [0.717, 1.165) is 0 Å². The van der Waals surface area contributed by atoms with Gasteiger partial charge in [-0.25, -0.2) is 0 Å². The first-order valence-corrected chi connectivity index (χ1v) is 6.65. The van der Waals surface area contributed by atoms with Crippen molar-refractivity contribution in [1.29, 1.82) is 0 Å². The molecule has 0 aliphatic carbocycles. The molecule has 62 valence electrons. The van der Waals surface area contributed by atoms with Gasteiger partial charge in [-0.15, -0.1) is 0 Å². The highest BCUT2D eigenvalue weighted by Gasteiger charge is 2.32. The average molecular weight is 230 g/mol. The van der Waals surface area contributed by atoms with Gasteiger partial charge in [0.05, 0.1) is 0 Å². The molecule has 0 saturated heterocycles. The zero-order valence-corrected chi connectivity index (χ0v) is 7.88. The third kappa shape index (κ3) is 3.16. The van der Waals surface area contributed by atoms with Crippen LogP contribution in [0.1, 0.15) is 0 Å². The topological polar surface area (TPSA) is 54.5 Å². The molecule has 0 unspecified atom stereocenters. The van der Waals surface area contributed by atoms with E-state index in [1.54, 1.807) is 0 Å². The quantitative estimate of drug-likeness (QED) is 0.536. The molecule has 0 heterocycles. The highest BCUT2D eigenvalue weighted by atomic mass is 35.9. The molecule has 0 aromatic heterocycles. The molecule has 0 rings (SSSR count). The van der Waals surface area contributed by atoms with Gasteiger partial charge in [0, 0.05) is 7.05 Å². The van der Waals surface area contributed by atoms with Crippen LogP contribution in [0.15, 0.2) is 0 Å². The summed E-state index contributed by atoms with van der Waals surface area (Å²) in [4.78, 5) is 0. The van der Waals surface area contributed by atoms with E-state index >= 15 is 0 Å². The van der Waals surface area contributed by atoms with Gasteiger partial charge in [-0.1, -0.05) is 7.96 Å². The van der Waals surface area contributed by atoms with Gasteiger partial charge in [0.1, 0.15) is 0 Å². The summed E-state index contributed by atoms with van der Waals surface area (Å²) in [5.74, 6) is -4.06. The minimum atomic E-state index is -5.05. The van der Waals surface area contributed by atoms with Crippen molar-refractivity contribution in [3.63, 3.8) is 0 Å². The van der Waals surface area contributed by atoms with Gasteiger partial charge >= 0.3 is 16.4 Å². The van der Waals surface area contributed by atoms with E-state index in [1.165, 1.54) is 0 Å². The van der Waals surface area contributed by atoms with E-state index in [1.807, 2.05) is 0 Å². The molecule has 0 aliphatic rings. The number of rotatable bonds is 2. The highest BCUT2D eigenvalue weighted by molar-refractivity contribution is 8.12. The average Bonchev–Trinajstić information content (AvgIpc) is 1.59. The summed E-state index contributed by atoms with van der Waals surface area (Å²) in [5.41, 5.74) is 0. The fourth-order valence-corrected chi connectivity index (χ4v) is 2.35. The van der Waals surface area contributed by atoms with Crippen LogP contribution in [0.4, 0.5) is 3.89 Å². The molecule has 0 amide bonds. The Hall–Kier alpha value is 0.650. The van der Waals surface area contributed by atoms with Gasteiger partial charge in [0.2, 0.25) is 0 Å². The number of halogens is 3. The van der Waals surface area contributed by atoms with Crippen LogP contribution in [0.5, 0.6) is 0 Å². The Kier molecular flexibility index (Phi) is 3.14. The third-order valence-corrected chi connectivity index (χ3v) is 5.10. The van der Waals surface area contributed by atoms with Crippen molar-refractivity contribution >= 4 is 38.9 Å². The Morgan fingerprint density at radius 2 is 1.80 bits per heavy atom. The lowest BCUT2D eigenvalue weighted by Crippen LogP contribution is -2.15. The lowest BCUT2D eigenvalue weighted by Gasteiger charge is -2.09. The van der Waals surface area contributed by atoms with Gasteiger partial charge in [0.15, 0.2) is 0 Å². The van der Waals surface area contributed by atoms with E-state index in [2.05, 4.69) is 0 Å². The maximum atomic E-state index is 11.8. The third-order valence-electron chi connectivity index (χ3n) is 0.643. The maximum absolute atomic E-state index is 11.8. The number of hydrogen-bond acceptors (Lipinski definition) is 3. The van der Waals surface area contributed by atoms with Crippen LogP contribution >= 0.6 is 28.5 Å². The zero-order valence-electron chi connectivity index (χ0n) is 4.66. The van der Waals surface area contributed by atoms with Crippen LogP contribution in [0.25, 0.3) is 0 Å². The van der Waals surface area contributed by atoms with Crippen molar-refractivity contribution in [2.45, 2.75) is 0 Å². The van der Waals surface area contributed by atoms with Gasteiger partial charge in [-0.05, 0) is 22.5 Å². The molecule has 0 aromatic carbocycles. The summed E-state index contributed by atoms with van der Waals surface area (Å²) < 4.78 is 41.8. The predicted octanol–water partition coefficient (Wildman–Crippen LogP) is 1.72. The molecule has 9 heteroatoms. The Bertz CT molecular complexity index is 258. The second kappa shape index (κ2) is 2.95. The molecule has 0 aliphatic heterocycles. The van der Waals surface area contributed by atoms with Gasteiger partial charge in [-0.2, -0.15) is 8.42 Å². The van der Waals surface area contributed by atoms with Crippen LogP contribution in [0, 0.1) is 0 Å². The highest BCUT2D eigenvalue weighted by Crippen LogP contribution is 2.60. The maximum Gasteiger partial charge on any atom is 0.382 e. The fraction of sp³-hybridized carbons (Fsp3) is 1.00. The second-order valence-electron chi connectivity index (χ2n) is 1.31. The SMILES string of the molecule is CN(P(=O)(Cl)Cl)S(=O)(=O)F. The molecule has 4 nitrogen and oxygen atoms in total. The summed E-state index contributed by atoms with van der Waals surface area (Å²) in [6, 6.07) is 0. The molecule has 0 fully saturated rings. The fourth-order valence-electron chi connectivity index (χ4n) is 0.114. The van der Waals surface area contributed by atoms with Crippen LogP contribution in [0.3, 0.4) is 0 Å². The number of nitrogens with zero attached hydrogens (tertiary/aromatic N) is 1. The van der Waals surface area contributed by atoms with Crippen molar-refractivity contribution in [2.75, 3.05) is 7.05 Å². The smallest absolute Gasteiger partial charge is 0.270 e. The van der Waals surface area contributed by atoms with Gasteiger partial charge in [-0.3, -0.25) is 4.57 Å². The summed E-state index contributed by atoms with van der Waals surface area (Å²) in [5, 5.41) is 0. The van der Waals surface area contributed by atoms with E-state index in [-0.39, 0.29) is 4.08 Å². The van der Waals surface area contributed by atoms with Gasteiger partial charge < -0.3 is 0 Å². The predicted molar refractivity (Wildman–Crippen MR) is 37.1 cm³/mol. The molecule has 0 atom stereocenters. The van der Waals surface area contributed by atoms with Crippen LogP contribution < -0.4 is 0 Å². The van der Waals surface area contributed by atoms with Crippen LogP contribution in [-0.4, -0.2) is 19.5 Å². The minimum Gasteiger partial charge on any atom is -0.270 e. The molecule has 0 N–H and O–H groups in total. The second-order valence-corrected chi connectivity index (χ2v) is 7.69. The molecule has 0 radical (unpaired) electrons. The van der Waals surface area contributed by atoms with Crippen molar-refractivity contribution in [1.82, 2.24) is 4.08 Å². The summed E-state index contributed by atoms with van der Waals surface area (Å²) in [6.45, 7) is 0. The Labute approximate surface area is 67.3 Å². The van der Waals surface area contributed by atoms with Crippen molar-refractivity contribution in [3.05, 3.63) is 0 Å². The molecule has 0 spiro atoms. The minimum absolute atomic E-state index is 0.233. The normalized spacial score (nSPS) is 14.1. The molecule has 10 heavy (non-hydrogen) atoms. The molecular formula is CH3Cl2FNO3PS. The molecular weight excluding hydrogens is 227 g/mol. The standard InChI is InChI=1S/CH3Cl2FNO3PS/c1-5(9(2,3)6)10(4,7)8/h1H3. The largest absolute Gasteiger partial charge is 0.382 e. The molecule has 0 bridgehead atoms. The summed E-state index contributed by atoms with van der Waals surface area (Å²) >= 11 is 9.59. The van der Waals surface area contributed by atoms with E-state index in [0.29, 0.717) is 7.05 Å². The summed E-state index contributed by atoms with van der Waals surface area (Å²) in [6.07, 6.45) is 0. The Morgan fingerprint density at radius 3 is 1.80 bits per heavy atom. The van der Waals surface area contributed by atoms with Crippen LogP contribution in [0.2, 0.25) is 0 Å². The van der Waals surface area contributed by atoms with Crippen LogP contribution in [-0.2, 0) is 15.0 Å². The summed E-state index contributed by atoms with van der Waals surface area (Å²) in [7, 11) is -4.38. The van der Waals surface area contributed by atoms with E-state index in [9.17, 15) is 16.9 Å². The lowest BCUT2D eigenvalue weighted by molar-refractivity contribution is 0.500. The first kappa shape index (κ1) is 10.7. The van der Waals surface area contributed by atoms with Crippen molar-refractivity contribution < 1.29 is 16.9 Å². The first-order chi connectivity index (χ1) is 4.15. The Balaban J connectivity index is 4.74. The van der Waals surface area contributed by atoms with Crippen molar-refractivity contribution in [3.8, 4) is 0 Å². The monoisotopic (exact) mass is 229 g/mol.